The average molecular weight is 324 g/mol. The van der Waals surface area contributed by atoms with Crippen LogP contribution in [0.5, 0.6) is 5.75 Å². The van der Waals surface area contributed by atoms with E-state index in [1.807, 2.05) is 12.1 Å². The molecule has 2 heteroatoms. The van der Waals surface area contributed by atoms with Gasteiger partial charge in [0, 0.05) is 17.4 Å². The Hall–Kier alpha value is -1.80. The van der Waals surface area contributed by atoms with Crippen LogP contribution in [-0.4, -0.2) is 19.3 Å². The van der Waals surface area contributed by atoms with Gasteiger partial charge in [0.25, 0.3) is 0 Å². The summed E-state index contributed by atoms with van der Waals surface area (Å²) in [6, 6.07) is 19.1. The molecule has 0 aliphatic carbocycles. The summed E-state index contributed by atoms with van der Waals surface area (Å²) in [5.41, 5.74) is 2.37. The molecule has 0 spiro atoms. The van der Waals surface area contributed by atoms with Crippen LogP contribution in [0, 0.1) is 5.41 Å². The molecule has 2 aromatic rings. The third-order valence-corrected chi connectivity index (χ3v) is 5.61. The first kappa shape index (κ1) is 17.0. The third kappa shape index (κ3) is 2.84. The standard InChI is InChI=1S/C22H28O2/c1-21(2)18(16-11-7-6-8-12-16)15-24-22(3,4)20(21)17-13-9-10-14-19(17)23-5/h6-14,18,20H,15H2,1-5H3. The van der Waals surface area contributed by atoms with Gasteiger partial charge in [-0.2, -0.15) is 0 Å². The topological polar surface area (TPSA) is 18.5 Å². The Balaban J connectivity index is 2.10. The second kappa shape index (κ2) is 6.25. The molecule has 0 aromatic heterocycles. The smallest absolute Gasteiger partial charge is 0.122 e. The minimum absolute atomic E-state index is 0.0394. The van der Waals surface area contributed by atoms with Crippen LogP contribution >= 0.6 is 0 Å². The summed E-state index contributed by atoms with van der Waals surface area (Å²) in [6.07, 6.45) is 0. The summed E-state index contributed by atoms with van der Waals surface area (Å²) in [6.45, 7) is 9.88. The summed E-state index contributed by atoms with van der Waals surface area (Å²) in [5, 5.41) is 0. The highest BCUT2D eigenvalue weighted by molar-refractivity contribution is 5.41. The van der Waals surface area contributed by atoms with Crippen molar-refractivity contribution in [2.24, 2.45) is 5.41 Å². The minimum atomic E-state index is -0.247. The molecule has 1 heterocycles. The second-order valence-electron chi connectivity index (χ2n) is 7.87. The van der Waals surface area contributed by atoms with Crippen LogP contribution in [0.1, 0.15) is 50.7 Å². The normalized spacial score (nSPS) is 25.2. The molecule has 1 aliphatic heterocycles. The SMILES string of the molecule is COc1ccccc1C1C(C)(C)OCC(c2ccccc2)C1(C)C. The summed E-state index contributed by atoms with van der Waals surface area (Å²) < 4.78 is 12.0. The number of ether oxygens (including phenoxy) is 2. The van der Waals surface area contributed by atoms with E-state index < -0.39 is 0 Å². The zero-order valence-corrected chi connectivity index (χ0v) is 15.4. The van der Waals surface area contributed by atoms with E-state index in [1.165, 1.54) is 11.1 Å². The molecule has 1 aliphatic rings. The Morgan fingerprint density at radius 1 is 0.917 bits per heavy atom. The lowest BCUT2D eigenvalue weighted by molar-refractivity contribution is -0.129. The molecule has 24 heavy (non-hydrogen) atoms. The number of hydrogen-bond donors (Lipinski definition) is 0. The lowest BCUT2D eigenvalue weighted by Crippen LogP contribution is -2.50. The number of benzene rings is 2. The fraction of sp³-hybridized carbons (Fsp3) is 0.455. The molecule has 0 saturated carbocycles. The maximum atomic E-state index is 6.38. The van der Waals surface area contributed by atoms with E-state index in [1.54, 1.807) is 7.11 Å². The van der Waals surface area contributed by atoms with Crippen molar-refractivity contribution in [2.45, 2.75) is 45.1 Å². The van der Waals surface area contributed by atoms with Crippen LogP contribution in [-0.2, 0) is 4.74 Å². The van der Waals surface area contributed by atoms with Crippen LogP contribution in [0.3, 0.4) is 0 Å². The van der Waals surface area contributed by atoms with E-state index in [0.29, 0.717) is 5.92 Å². The number of methoxy groups -OCH3 is 1. The maximum absolute atomic E-state index is 6.38. The molecule has 3 rings (SSSR count). The maximum Gasteiger partial charge on any atom is 0.122 e. The van der Waals surface area contributed by atoms with Gasteiger partial charge in [-0.05, 0) is 30.9 Å². The fourth-order valence-corrected chi connectivity index (χ4v) is 4.58. The van der Waals surface area contributed by atoms with E-state index in [9.17, 15) is 0 Å². The Bertz CT molecular complexity index is 688. The summed E-state index contributed by atoms with van der Waals surface area (Å²) >= 11 is 0. The molecule has 1 saturated heterocycles. The van der Waals surface area contributed by atoms with Gasteiger partial charge in [-0.25, -0.2) is 0 Å². The second-order valence-corrected chi connectivity index (χ2v) is 7.87. The van der Waals surface area contributed by atoms with Gasteiger partial charge in [0.1, 0.15) is 5.75 Å². The molecule has 128 valence electrons. The highest BCUT2D eigenvalue weighted by atomic mass is 16.5. The first-order valence-corrected chi connectivity index (χ1v) is 8.69. The van der Waals surface area contributed by atoms with Crippen LogP contribution < -0.4 is 4.74 Å². The largest absolute Gasteiger partial charge is 0.496 e. The quantitative estimate of drug-likeness (QED) is 0.753. The Morgan fingerprint density at radius 3 is 2.21 bits per heavy atom. The summed E-state index contributed by atoms with van der Waals surface area (Å²) in [5.74, 6) is 1.53. The van der Waals surface area contributed by atoms with Gasteiger partial charge < -0.3 is 9.47 Å². The zero-order chi connectivity index (χ0) is 17.4. The fourth-order valence-electron chi connectivity index (χ4n) is 4.58. The monoisotopic (exact) mass is 324 g/mol. The number of rotatable bonds is 3. The van der Waals surface area contributed by atoms with Crippen molar-refractivity contribution in [2.75, 3.05) is 13.7 Å². The van der Waals surface area contributed by atoms with Crippen molar-refractivity contribution >= 4 is 0 Å². The molecule has 2 nitrogen and oxygen atoms in total. The molecule has 2 unspecified atom stereocenters. The van der Waals surface area contributed by atoms with Gasteiger partial charge in [-0.15, -0.1) is 0 Å². The highest BCUT2D eigenvalue weighted by Gasteiger charge is 2.52. The van der Waals surface area contributed by atoms with Gasteiger partial charge >= 0.3 is 0 Å². The lowest BCUT2D eigenvalue weighted by Gasteiger charge is -2.53. The average Bonchev–Trinajstić information content (AvgIpc) is 2.55. The highest BCUT2D eigenvalue weighted by Crippen LogP contribution is 2.57. The summed E-state index contributed by atoms with van der Waals surface area (Å²) in [7, 11) is 1.75. The van der Waals surface area contributed by atoms with Crippen LogP contribution in [0.2, 0.25) is 0 Å². The Morgan fingerprint density at radius 2 is 1.54 bits per heavy atom. The van der Waals surface area contributed by atoms with E-state index in [0.717, 1.165) is 12.4 Å². The lowest BCUT2D eigenvalue weighted by atomic mass is 9.58. The van der Waals surface area contributed by atoms with Crippen molar-refractivity contribution in [3.63, 3.8) is 0 Å². The number of hydrogen-bond acceptors (Lipinski definition) is 2. The number of para-hydroxylation sites is 1. The third-order valence-electron chi connectivity index (χ3n) is 5.61. The van der Waals surface area contributed by atoms with Crippen LogP contribution in [0.4, 0.5) is 0 Å². The predicted octanol–water partition coefficient (Wildman–Crippen LogP) is 5.40. The first-order valence-electron chi connectivity index (χ1n) is 8.69. The Labute approximate surface area is 145 Å². The van der Waals surface area contributed by atoms with E-state index in [4.69, 9.17) is 9.47 Å². The molecule has 0 radical (unpaired) electrons. The van der Waals surface area contributed by atoms with Crippen LogP contribution in [0.25, 0.3) is 0 Å². The van der Waals surface area contributed by atoms with Gasteiger partial charge in [-0.1, -0.05) is 62.4 Å². The predicted molar refractivity (Wildman–Crippen MR) is 98.7 cm³/mol. The van der Waals surface area contributed by atoms with E-state index in [-0.39, 0.29) is 16.9 Å². The van der Waals surface area contributed by atoms with Gasteiger partial charge in [0.05, 0.1) is 19.3 Å². The minimum Gasteiger partial charge on any atom is -0.496 e. The molecule has 0 amide bonds. The van der Waals surface area contributed by atoms with Crippen molar-refractivity contribution in [3.8, 4) is 5.75 Å². The van der Waals surface area contributed by atoms with E-state index in [2.05, 4.69) is 70.2 Å². The molecule has 0 N–H and O–H groups in total. The zero-order valence-electron chi connectivity index (χ0n) is 15.4. The molecule has 2 atom stereocenters. The molecular weight excluding hydrogens is 296 g/mol. The molecule has 2 aromatic carbocycles. The van der Waals surface area contributed by atoms with Gasteiger partial charge in [-0.3, -0.25) is 0 Å². The molecule has 0 bridgehead atoms. The van der Waals surface area contributed by atoms with Gasteiger partial charge in [0.2, 0.25) is 0 Å². The first-order chi connectivity index (χ1) is 11.4. The molecule has 1 fully saturated rings. The van der Waals surface area contributed by atoms with Gasteiger partial charge in [0.15, 0.2) is 0 Å². The Kier molecular flexibility index (Phi) is 4.44. The van der Waals surface area contributed by atoms with Crippen molar-refractivity contribution in [1.82, 2.24) is 0 Å². The summed E-state index contributed by atoms with van der Waals surface area (Å²) in [4.78, 5) is 0. The molecular formula is C22H28O2. The van der Waals surface area contributed by atoms with Crippen molar-refractivity contribution in [1.29, 1.82) is 0 Å². The van der Waals surface area contributed by atoms with Crippen molar-refractivity contribution < 1.29 is 9.47 Å². The van der Waals surface area contributed by atoms with Crippen molar-refractivity contribution in [3.05, 3.63) is 65.7 Å². The van der Waals surface area contributed by atoms with E-state index >= 15 is 0 Å². The van der Waals surface area contributed by atoms with Crippen LogP contribution in [0.15, 0.2) is 54.6 Å².